The highest BCUT2D eigenvalue weighted by atomic mass is 16.5. The summed E-state index contributed by atoms with van der Waals surface area (Å²) in [6.45, 7) is 8.00. The Kier molecular flexibility index (Phi) is 3.85. The summed E-state index contributed by atoms with van der Waals surface area (Å²) >= 11 is 0. The summed E-state index contributed by atoms with van der Waals surface area (Å²) in [5.41, 5.74) is 4.32. The van der Waals surface area contributed by atoms with Crippen LogP contribution in [0.3, 0.4) is 0 Å². The topological polar surface area (TPSA) is 67.3 Å². The van der Waals surface area contributed by atoms with Gasteiger partial charge in [-0.15, -0.1) is 0 Å². The fraction of sp³-hybridized carbons (Fsp3) is 0.412. The summed E-state index contributed by atoms with van der Waals surface area (Å²) < 4.78 is 5.40. The lowest BCUT2D eigenvalue weighted by molar-refractivity contribution is -0.906. The molecule has 2 aromatic heterocycles. The van der Waals surface area contributed by atoms with Gasteiger partial charge in [0.25, 0.3) is 0 Å². The molecule has 6 heteroatoms. The van der Waals surface area contributed by atoms with Crippen molar-refractivity contribution >= 4 is 27.8 Å². The van der Waals surface area contributed by atoms with Gasteiger partial charge in [-0.2, -0.15) is 0 Å². The summed E-state index contributed by atoms with van der Waals surface area (Å²) in [6.07, 6.45) is 1.64. The number of aromatic amines is 1. The van der Waals surface area contributed by atoms with Crippen molar-refractivity contribution < 1.29 is 9.64 Å². The van der Waals surface area contributed by atoms with E-state index in [0.717, 1.165) is 67.1 Å². The van der Waals surface area contributed by atoms with Gasteiger partial charge in [0.2, 0.25) is 0 Å². The van der Waals surface area contributed by atoms with Crippen LogP contribution in [-0.4, -0.2) is 54.3 Å². The molecule has 0 amide bonds. The van der Waals surface area contributed by atoms with Crippen molar-refractivity contribution in [1.29, 1.82) is 0 Å². The number of ether oxygens (including phenoxy) is 1. The summed E-state index contributed by atoms with van der Waals surface area (Å²) in [5, 5.41) is 4.62. The fourth-order valence-electron chi connectivity index (χ4n) is 3.21. The molecular weight excluding hydrogens is 290 g/mol. The number of aryl methyl sites for hydroxylation is 1. The van der Waals surface area contributed by atoms with Crippen molar-refractivity contribution in [2.45, 2.75) is 6.92 Å². The van der Waals surface area contributed by atoms with Crippen molar-refractivity contribution in [3.05, 3.63) is 30.1 Å². The number of anilines is 1. The monoisotopic (exact) mass is 312 g/mol. The van der Waals surface area contributed by atoms with E-state index in [2.05, 4.69) is 45.4 Å². The van der Waals surface area contributed by atoms with E-state index in [1.807, 2.05) is 0 Å². The Morgan fingerprint density at radius 1 is 1.26 bits per heavy atom. The average molecular weight is 312 g/mol. The number of benzene rings is 1. The molecule has 3 aromatic rings. The predicted molar refractivity (Wildman–Crippen MR) is 91.0 cm³/mol. The lowest BCUT2D eigenvalue weighted by atomic mass is 10.1. The van der Waals surface area contributed by atoms with E-state index in [1.165, 1.54) is 5.56 Å². The van der Waals surface area contributed by atoms with Crippen LogP contribution in [0.1, 0.15) is 5.56 Å². The Morgan fingerprint density at radius 3 is 3.00 bits per heavy atom. The molecule has 1 aliphatic rings. The Labute approximate surface area is 134 Å². The molecule has 1 fully saturated rings. The molecule has 120 valence electrons. The molecule has 0 atom stereocenters. The van der Waals surface area contributed by atoms with Crippen LogP contribution in [0.5, 0.6) is 0 Å². The summed E-state index contributed by atoms with van der Waals surface area (Å²) in [4.78, 5) is 13.9. The van der Waals surface area contributed by atoms with E-state index in [9.17, 15) is 0 Å². The number of nitrogens with zero attached hydrogens (tertiary/aromatic N) is 2. The minimum atomic E-state index is 0.869. The van der Waals surface area contributed by atoms with E-state index in [4.69, 9.17) is 4.74 Å². The van der Waals surface area contributed by atoms with Gasteiger partial charge in [-0.05, 0) is 19.1 Å². The molecule has 1 aliphatic heterocycles. The van der Waals surface area contributed by atoms with Gasteiger partial charge >= 0.3 is 0 Å². The van der Waals surface area contributed by atoms with E-state index in [1.54, 1.807) is 11.2 Å². The maximum Gasteiger partial charge on any atom is 0.154 e. The highest BCUT2D eigenvalue weighted by Gasteiger charge is 2.14. The van der Waals surface area contributed by atoms with Gasteiger partial charge < -0.3 is 19.9 Å². The van der Waals surface area contributed by atoms with Gasteiger partial charge in [0.15, 0.2) is 5.82 Å². The highest BCUT2D eigenvalue weighted by molar-refractivity contribution is 6.08. The van der Waals surface area contributed by atoms with E-state index < -0.39 is 0 Å². The zero-order chi connectivity index (χ0) is 15.6. The number of hydrogen-bond acceptors (Lipinski definition) is 4. The molecule has 23 heavy (non-hydrogen) atoms. The largest absolute Gasteiger partial charge is 0.370 e. The van der Waals surface area contributed by atoms with Crippen LogP contribution in [0, 0.1) is 6.92 Å². The molecule has 0 saturated carbocycles. The molecular formula is C17H22N5O+. The normalized spacial score (nSPS) is 16.2. The molecule has 0 aliphatic carbocycles. The second-order valence-corrected chi connectivity index (χ2v) is 6.16. The Hall–Kier alpha value is -2.18. The summed E-state index contributed by atoms with van der Waals surface area (Å²) in [7, 11) is 0. The van der Waals surface area contributed by atoms with E-state index in [0.29, 0.717) is 0 Å². The van der Waals surface area contributed by atoms with Gasteiger partial charge in [-0.25, -0.2) is 9.97 Å². The van der Waals surface area contributed by atoms with Crippen molar-refractivity contribution in [3.63, 3.8) is 0 Å². The third-order valence-corrected chi connectivity index (χ3v) is 4.51. The number of quaternary nitrogens is 1. The Morgan fingerprint density at radius 2 is 2.13 bits per heavy atom. The number of H-pyrrole nitrogens is 1. The number of morpholine rings is 1. The van der Waals surface area contributed by atoms with Gasteiger partial charge in [-0.1, -0.05) is 11.6 Å². The molecule has 3 N–H and O–H groups in total. The molecule has 0 bridgehead atoms. The molecule has 3 heterocycles. The second-order valence-electron chi connectivity index (χ2n) is 6.16. The third kappa shape index (κ3) is 2.87. The maximum absolute atomic E-state index is 5.40. The number of fused-ring (bicyclic) bond motifs is 3. The van der Waals surface area contributed by atoms with Crippen LogP contribution in [-0.2, 0) is 4.74 Å². The zero-order valence-electron chi connectivity index (χ0n) is 13.4. The molecule has 0 unspecified atom stereocenters. The van der Waals surface area contributed by atoms with Crippen LogP contribution in [0.25, 0.3) is 21.9 Å². The molecule has 0 radical (unpaired) electrons. The molecule has 1 aromatic carbocycles. The van der Waals surface area contributed by atoms with Crippen LogP contribution in [0.2, 0.25) is 0 Å². The van der Waals surface area contributed by atoms with Crippen LogP contribution in [0.4, 0.5) is 5.82 Å². The summed E-state index contributed by atoms with van der Waals surface area (Å²) in [6, 6.07) is 6.39. The first-order chi connectivity index (χ1) is 11.3. The Balaban J connectivity index is 1.56. The lowest BCUT2D eigenvalue weighted by Gasteiger charge is -2.23. The Bertz CT molecular complexity index is 822. The first kappa shape index (κ1) is 14.4. The average Bonchev–Trinajstić information content (AvgIpc) is 2.95. The first-order valence-electron chi connectivity index (χ1n) is 8.19. The molecule has 6 nitrogen and oxygen atoms in total. The van der Waals surface area contributed by atoms with Gasteiger partial charge in [-0.3, -0.25) is 0 Å². The quantitative estimate of drug-likeness (QED) is 0.665. The zero-order valence-corrected chi connectivity index (χ0v) is 13.4. The smallest absolute Gasteiger partial charge is 0.154 e. The number of aromatic nitrogens is 3. The predicted octanol–water partition coefficient (Wildman–Crippen LogP) is 0.747. The van der Waals surface area contributed by atoms with Crippen molar-refractivity contribution in [2.24, 2.45) is 0 Å². The fourth-order valence-corrected chi connectivity index (χ4v) is 3.21. The second kappa shape index (κ2) is 6.14. The minimum Gasteiger partial charge on any atom is -0.370 e. The van der Waals surface area contributed by atoms with E-state index >= 15 is 0 Å². The minimum absolute atomic E-state index is 0.869. The molecule has 0 spiro atoms. The summed E-state index contributed by atoms with van der Waals surface area (Å²) in [5.74, 6) is 0.886. The SMILES string of the molecule is Cc1ccc2[nH]c3c(NCC[NH+]4CCOCC4)ncnc3c2c1. The van der Waals surface area contributed by atoms with Crippen molar-refractivity contribution in [1.82, 2.24) is 15.0 Å². The van der Waals surface area contributed by atoms with Crippen molar-refractivity contribution in [2.75, 3.05) is 44.7 Å². The number of rotatable bonds is 4. The third-order valence-electron chi connectivity index (χ3n) is 4.51. The van der Waals surface area contributed by atoms with Crippen LogP contribution in [0.15, 0.2) is 24.5 Å². The van der Waals surface area contributed by atoms with Crippen LogP contribution < -0.4 is 10.2 Å². The van der Waals surface area contributed by atoms with Gasteiger partial charge in [0.05, 0.1) is 26.3 Å². The van der Waals surface area contributed by atoms with Crippen LogP contribution >= 0.6 is 0 Å². The molecule has 1 saturated heterocycles. The lowest BCUT2D eigenvalue weighted by Crippen LogP contribution is -3.14. The highest BCUT2D eigenvalue weighted by Crippen LogP contribution is 2.27. The number of hydrogen-bond donors (Lipinski definition) is 3. The standard InChI is InChI=1S/C17H21N5O/c1-12-2-3-14-13(10-12)15-16(21-14)17(20-11-19-15)18-4-5-22-6-8-23-9-7-22/h2-3,10-11,21H,4-9H2,1H3,(H,18,19,20)/p+1. The van der Waals surface area contributed by atoms with Gasteiger partial charge in [0.1, 0.15) is 30.5 Å². The van der Waals surface area contributed by atoms with Crippen molar-refractivity contribution in [3.8, 4) is 0 Å². The van der Waals surface area contributed by atoms with Gasteiger partial charge in [0, 0.05) is 10.9 Å². The van der Waals surface area contributed by atoms with E-state index in [-0.39, 0.29) is 0 Å². The first-order valence-corrected chi connectivity index (χ1v) is 8.19. The number of nitrogens with one attached hydrogen (secondary N) is 3. The maximum atomic E-state index is 5.40. The molecule has 4 rings (SSSR count).